The fourth-order valence-corrected chi connectivity index (χ4v) is 3.30. The molecule has 2 atom stereocenters. The Bertz CT molecular complexity index is 759. The lowest BCUT2D eigenvalue weighted by atomic mass is 9.99. The summed E-state index contributed by atoms with van der Waals surface area (Å²) in [6, 6.07) is 5.19. The molecule has 0 unspecified atom stereocenters. The molecule has 27 heavy (non-hydrogen) atoms. The lowest BCUT2D eigenvalue weighted by Crippen LogP contribution is -2.50. The Hall–Kier alpha value is -2.54. The van der Waals surface area contributed by atoms with Gasteiger partial charge in [-0.1, -0.05) is 12.1 Å². The van der Waals surface area contributed by atoms with Crippen LogP contribution < -0.4 is 0 Å². The number of amides is 2. The lowest BCUT2D eigenvalue weighted by molar-refractivity contribution is -0.161. The van der Waals surface area contributed by atoms with Gasteiger partial charge in [-0.3, -0.25) is 19.3 Å². The number of imide groups is 1. The van der Waals surface area contributed by atoms with Crippen molar-refractivity contribution in [1.29, 1.82) is 0 Å². The number of benzene rings is 1. The molecule has 2 heterocycles. The Balaban J connectivity index is 1.92. The summed E-state index contributed by atoms with van der Waals surface area (Å²) in [5.41, 5.74) is -0.315. The Morgan fingerprint density at radius 3 is 2.30 bits per heavy atom. The van der Waals surface area contributed by atoms with Gasteiger partial charge in [-0.2, -0.15) is 0 Å². The van der Waals surface area contributed by atoms with E-state index in [4.69, 9.17) is 9.47 Å². The molecular weight excluding hydrogens is 350 g/mol. The van der Waals surface area contributed by atoms with E-state index < -0.39 is 35.5 Å². The van der Waals surface area contributed by atoms with Crippen molar-refractivity contribution in [3.05, 3.63) is 35.4 Å². The molecule has 2 aliphatic heterocycles. The van der Waals surface area contributed by atoms with Crippen LogP contribution in [0.5, 0.6) is 0 Å². The minimum atomic E-state index is -1.22. The molecule has 0 aliphatic carbocycles. The maximum absolute atomic E-state index is 12.8. The summed E-state index contributed by atoms with van der Waals surface area (Å²) in [5.74, 6) is -1.98. The van der Waals surface area contributed by atoms with Gasteiger partial charge in [0.2, 0.25) is 0 Å². The van der Waals surface area contributed by atoms with Crippen molar-refractivity contribution >= 4 is 23.6 Å². The minimum Gasteiger partial charge on any atom is -0.458 e. The Kier molecular flexibility index (Phi) is 5.15. The first-order chi connectivity index (χ1) is 12.7. The Morgan fingerprint density at radius 2 is 1.78 bits per heavy atom. The largest absolute Gasteiger partial charge is 0.458 e. The molecule has 0 saturated carbocycles. The molecule has 0 aromatic heterocycles. The van der Waals surface area contributed by atoms with Gasteiger partial charge in [-0.25, -0.2) is 4.79 Å². The third-order valence-electron chi connectivity index (χ3n) is 4.50. The molecule has 1 saturated heterocycles. The zero-order chi connectivity index (χ0) is 19.8. The van der Waals surface area contributed by atoms with E-state index in [0.29, 0.717) is 19.4 Å². The average molecular weight is 373 g/mol. The number of nitrogens with zero attached hydrogens (tertiary/aromatic N) is 1. The number of fused-ring (bicyclic) bond motifs is 1. The van der Waals surface area contributed by atoms with Crippen molar-refractivity contribution in [1.82, 2.24) is 4.90 Å². The van der Waals surface area contributed by atoms with Gasteiger partial charge >= 0.3 is 5.97 Å². The van der Waals surface area contributed by atoms with E-state index in [-0.39, 0.29) is 23.3 Å². The highest BCUT2D eigenvalue weighted by molar-refractivity contribution is 6.22. The van der Waals surface area contributed by atoms with Crippen molar-refractivity contribution in [2.45, 2.75) is 57.8 Å². The molecule has 7 nitrogen and oxygen atoms in total. The number of hydrogen-bond acceptors (Lipinski definition) is 6. The van der Waals surface area contributed by atoms with Crippen LogP contribution in [0.1, 0.15) is 60.7 Å². The van der Waals surface area contributed by atoms with Crippen LogP contribution in [0, 0.1) is 0 Å². The maximum Gasteiger partial charge on any atom is 0.330 e. The summed E-state index contributed by atoms with van der Waals surface area (Å²) in [4.78, 5) is 51.5. The van der Waals surface area contributed by atoms with Crippen LogP contribution in [0.15, 0.2) is 24.3 Å². The quantitative estimate of drug-likeness (QED) is 0.593. The normalized spacial score (nSPS) is 21.2. The first kappa shape index (κ1) is 19.2. The van der Waals surface area contributed by atoms with Crippen LogP contribution >= 0.6 is 0 Å². The molecule has 1 aromatic carbocycles. The van der Waals surface area contributed by atoms with Gasteiger partial charge in [0.1, 0.15) is 17.7 Å². The summed E-state index contributed by atoms with van der Waals surface area (Å²) in [6.45, 7) is 5.51. The number of hydrogen-bond donors (Lipinski definition) is 0. The number of ketones is 1. The van der Waals surface area contributed by atoms with Gasteiger partial charge in [0, 0.05) is 19.4 Å². The van der Waals surface area contributed by atoms with Gasteiger partial charge in [-0.05, 0) is 39.3 Å². The van der Waals surface area contributed by atoms with Gasteiger partial charge in [0.15, 0.2) is 5.78 Å². The van der Waals surface area contributed by atoms with Crippen LogP contribution in [0.25, 0.3) is 0 Å². The molecule has 2 aliphatic rings. The third-order valence-corrected chi connectivity index (χ3v) is 4.50. The second kappa shape index (κ2) is 7.23. The van der Waals surface area contributed by atoms with Crippen molar-refractivity contribution in [2.24, 2.45) is 0 Å². The van der Waals surface area contributed by atoms with E-state index in [9.17, 15) is 19.2 Å². The molecule has 0 spiro atoms. The topological polar surface area (TPSA) is 90.0 Å². The van der Waals surface area contributed by atoms with Gasteiger partial charge in [-0.15, -0.1) is 0 Å². The molecule has 1 fully saturated rings. The van der Waals surface area contributed by atoms with E-state index in [0.717, 1.165) is 4.90 Å². The molecule has 0 bridgehead atoms. The maximum atomic E-state index is 12.8. The van der Waals surface area contributed by atoms with E-state index in [1.165, 1.54) is 0 Å². The molecule has 0 N–H and O–H groups in total. The van der Waals surface area contributed by atoms with E-state index in [1.807, 2.05) is 0 Å². The van der Waals surface area contributed by atoms with Gasteiger partial charge in [0.25, 0.3) is 11.8 Å². The van der Waals surface area contributed by atoms with Crippen molar-refractivity contribution in [2.75, 3.05) is 6.61 Å². The van der Waals surface area contributed by atoms with Crippen LogP contribution in [0.3, 0.4) is 0 Å². The molecule has 3 rings (SSSR count). The highest BCUT2D eigenvalue weighted by atomic mass is 16.6. The van der Waals surface area contributed by atoms with E-state index >= 15 is 0 Å². The van der Waals surface area contributed by atoms with Crippen LogP contribution in [-0.2, 0) is 19.1 Å². The summed E-state index contributed by atoms with van der Waals surface area (Å²) < 4.78 is 10.9. The number of carbonyl (C=O) groups excluding carboxylic acids is 4. The molecule has 0 radical (unpaired) electrons. The van der Waals surface area contributed by atoms with Crippen LogP contribution in [0.4, 0.5) is 0 Å². The van der Waals surface area contributed by atoms with Crippen molar-refractivity contribution in [3.8, 4) is 0 Å². The summed E-state index contributed by atoms with van der Waals surface area (Å²) >= 11 is 0. The third kappa shape index (κ3) is 3.93. The van der Waals surface area contributed by atoms with Crippen molar-refractivity contribution < 1.29 is 28.7 Å². The zero-order valence-electron chi connectivity index (χ0n) is 15.7. The number of Topliss-reactive ketones (excluding diaryl/α,β-unsaturated/α-hetero) is 1. The standard InChI is InChI=1S/C20H23NO6/c1-20(2,3)27-19(25)14(11-16-15(22)9-6-10-26-16)21-17(23)12-7-4-5-8-13(12)18(21)24/h4-5,7-8,14,16H,6,9-11H2,1-3H3/t14-,16-/m0/s1. The summed E-state index contributed by atoms with van der Waals surface area (Å²) in [6.07, 6.45) is 0.0486. The van der Waals surface area contributed by atoms with Crippen LogP contribution in [-0.4, -0.2) is 52.8 Å². The molecular formula is C20H23NO6. The first-order valence-corrected chi connectivity index (χ1v) is 9.03. The van der Waals surface area contributed by atoms with Gasteiger partial charge in [0.05, 0.1) is 11.1 Å². The Morgan fingerprint density at radius 1 is 1.19 bits per heavy atom. The highest BCUT2D eigenvalue weighted by Crippen LogP contribution is 2.28. The second-order valence-electron chi connectivity index (χ2n) is 7.74. The van der Waals surface area contributed by atoms with Gasteiger partial charge < -0.3 is 9.47 Å². The number of esters is 1. The fourth-order valence-electron chi connectivity index (χ4n) is 3.30. The Labute approximate surface area is 157 Å². The SMILES string of the molecule is CC(C)(C)OC(=O)[C@H](C[C@@H]1OCCCC1=O)N1C(=O)c2ccccc2C1=O. The molecule has 1 aromatic rings. The number of carbonyl (C=O) groups is 4. The predicted octanol–water partition coefficient (Wildman–Crippen LogP) is 2.13. The molecule has 2 amide bonds. The predicted molar refractivity (Wildman–Crippen MR) is 95.2 cm³/mol. The summed E-state index contributed by atoms with van der Waals surface area (Å²) in [5, 5.41) is 0. The monoisotopic (exact) mass is 373 g/mol. The first-order valence-electron chi connectivity index (χ1n) is 9.03. The fraction of sp³-hybridized carbons (Fsp3) is 0.500. The molecule has 7 heteroatoms. The number of ether oxygens (including phenoxy) is 2. The summed E-state index contributed by atoms with van der Waals surface area (Å²) in [7, 11) is 0. The smallest absolute Gasteiger partial charge is 0.330 e. The second-order valence-corrected chi connectivity index (χ2v) is 7.74. The van der Waals surface area contributed by atoms with Crippen molar-refractivity contribution in [3.63, 3.8) is 0 Å². The van der Waals surface area contributed by atoms with Crippen LogP contribution in [0.2, 0.25) is 0 Å². The highest BCUT2D eigenvalue weighted by Gasteiger charge is 2.46. The zero-order valence-corrected chi connectivity index (χ0v) is 15.7. The molecule has 144 valence electrons. The average Bonchev–Trinajstić information content (AvgIpc) is 2.84. The van der Waals surface area contributed by atoms with E-state index in [1.54, 1.807) is 45.0 Å². The lowest BCUT2D eigenvalue weighted by Gasteiger charge is -2.31. The minimum absolute atomic E-state index is 0.0980. The van der Waals surface area contributed by atoms with E-state index in [2.05, 4.69) is 0 Å². The number of rotatable bonds is 4.